The van der Waals surface area contributed by atoms with Crippen LogP contribution >= 0.6 is 0 Å². The minimum Gasteiger partial charge on any atom is -0.384 e. The van der Waals surface area contributed by atoms with Crippen LogP contribution in [0.3, 0.4) is 0 Å². The smallest absolute Gasteiger partial charge is 0.123 e. The monoisotopic (exact) mass is 220 g/mol. The van der Waals surface area contributed by atoms with Crippen molar-refractivity contribution in [3.05, 3.63) is 18.3 Å². The van der Waals surface area contributed by atoms with E-state index in [1.165, 1.54) is 18.7 Å². The van der Waals surface area contributed by atoms with Crippen LogP contribution in [0.2, 0.25) is 0 Å². The molecule has 1 aromatic rings. The fourth-order valence-electron chi connectivity index (χ4n) is 2.32. The SMILES string of the molecule is CC1CN(C)CCCN1c1ccc(N)nc1. The van der Waals surface area contributed by atoms with Gasteiger partial charge in [0.25, 0.3) is 0 Å². The Morgan fingerprint density at radius 1 is 1.38 bits per heavy atom. The molecule has 0 saturated carbocycles. The molecule has 1 atom stereocenters. The molecule has 4 nitrogen and oxygen atoms in total. The van der Waals surface area contributed by atoms with E-state index >= 15 is 0 Å². The number of hydrogen-bond donors (Lipinski definition) is 1. The van der Waals surface area contributed by atoms with E-state index in [0.717, 1.165) is 13.1 Å². The zero-order valence-electron chi connectivity index (χ0n) is 10.1. The molecular weight excluding hydrogens is 200 g/mol. The van der Waals surface area contributed by atoms with Gasteiger partial charge < -0.3 is 15.5 Å². The molecule has 4 heteroatoms. The third kappa shape index (κ3) is 2.44. The van der Waals surface area contributed by atoms with Crippen LogP contribution in [0.25, 0.3) is 0 Å². The second-order valence-electron chi connectivity index (χ2n) is 4.60. The summed E-state index contributed by atoms with van der Waals surface area (Å²) in [5.74, 6) is 0.586. The summed E-state index contributed by atoms with van der Waals surface area (Å²) in [5.41, 5.74) is 6.78. The average Bonchev–Trinajstić information content (AvgIpc) is 2.41. The van der Waals surface area contributed by atoms with E-state index in [1.807, 2.05) is 12.3 Å². The highest BCUT2D eigenvalue weighted by atomic mass is 15.2. The van der Waals surface area contributed by atoms with Gasteiger partial charge in [0.05, 0.1) is 11.9 Å². The van der Waals surface area contributed by atoms with Gasteiger partial charge in [-0.2, -0.15) is 0 Å². The molecule has 88 valence electrons. The Morgan fingerprint density at radius 3 is 2.88 bits per heavy atom. The molecule has 0 aromatic carbocycles. The van der Waals surface area contributed by atoms with Crippen LogP contribution in [-0.2, 0) is 0 Å². The van der Waals surface area contributed by atoms with Crippen molar-refractivity contribution in [3.8, 4) is 0 Å². The van der Waals surface area contributed by atoms with Crippen molar-refractivity contribution in [3.63, 3.8) is 0 Å². The molecule has 1 saturated heterocycles. The molecule has 0 aliphatic carbocycles. The molecule has 1 aliphatic heterocycles. The van der Waals surface area contributed by atoms with Crippen molar-refractivity contribution in [1.82, 2.24) is 9.88 Å². The molecule has 1 aromatic heterocycles. The van der Waals surface area contributed by atoms with Crippen molar-refractivity contribution in [1.29, 1.82) is 0 Å². The van der Waals surface area contributed by atoms with E-state index in [-0.39, 0.29) is 0 Å². The molecule has 0 radical (unpaired) electrons. The van der Waals surface area contributed by atoms with E-state index in [4.69, 9.17) is 5.73 Å². The summed E-state index contributed by atoms with van der Waals surface area (Å²) >= 11 is 0. The topological polar surface area (TPSA) is 45.4 Å². The first-order valence-electron chi connectivity index (χ1n) is 5.83. The highest BCUT2D eigenvalue weighted by molar-refractivity contribution is 5.49. The number of rotatable bonds is 1. The van der Waals surface area contributed by atoms with E-state index < -0.39 is 0 Å². The van der Waals surface area contributed by atoms with Gasteiger partial charge in [0.1, 0.15) is 5.82 Å². The van der Waals surface area contributed by atoms with Crippen LogP contribution in [0.4, 0.5) is 11.5 Å². The van der Waals surface area contributed by atoms with Gasteiger partial charge in [0, 0.05) is 19.1 Å². The Balaban J connectivity index is 2.15. The van der Waals surface area contributed by atoms with Gasteiger partial charge in [-0.15, -0.1) is 0 Å². The largest absolute Gasteiger partial charge is 0.384 e. The van der Waals surface area contributed by atoms with Crippen molar-refractivity contribution in [2.24, 2.45) is 0 Å². The second-order valence-corrected chi connectivity index (χ2v) is 4.60. The predicted molar refractivity (Wildman–Crippen MR) is 67.6 cm³/mol. The van der Waals surface area contributed by atoms with E-state index in [2.05, 4.69) is 34.8 Å². The van der Waals surface area contributed by atoms with Crippen LogP contribution in [0.15, 0.2) is 18.3 Å². The maximum absolute atomic E-state index is 5.61. The first-order valence-corrected chi connectivity index (χ1v) is 5.83. The van der Waals surface area contributed by atoms with Crippen molar-refractivity contribution < 1.29 is 0 Å². The third-order valence-electron chi connectivity index (χ3n) is 3.15. The van der Waals surface area contributed by atoms with Gasteiger partial charge in [0.2, 0.25) is 0 Å². The van der Waals surface area contributed by atoms with E-state index in [9.17, 15) is 0 Å². The molecule has 2 rings (SSSR count). The number of nitrogen functional groups attached to an aromatic ring is 1. The van der Waals surface area contributed by atoms with Crippen LogP contribution in [-0.4, -0.2) is 42.6 Å². The van der Waals surface area contributed by atoms with Crippen LogP contribution < -0.4 is 10.6 Å². The lowest BCUT2D eigenvalue weighted by atomic mass is 10.2. The van der Waals surface area contributed by atoms with Gasteiger partial charge in [-0.1, -0.05) is 0 Å². The van der Waals surface area contributed by atoms with Crippen molar-refractivity contribution in [2.75, 3.05) is 37.3 Å². The summed E-state index contributed by atoms with van der Waals surface area (Å²) in [6, 6.07) is 4.46. The summed E-state index contributed by atoms with van der Waals surface area (Å²) in [6.07, 6.45) is 3.07. The van der Waals surface area contributed by atoms with Crippen molar-refractivity contribution in [2.45, 2.75) is 19.4 Å². The predicted octanol–water partition coefficient (Wildman–Crippen LogP) is 1.19. The lowest BCUT2D eigenvalue weighted by Crippen LogP contribution is -2.37. The number of likely N-dealkylation sites (N-methyl/N-ethyl adjacent to an activating group) is 1. The van der Waals surface area contributed by atoms with Crippen LogP contribution in [0, 0.1) is 0 Å². The Hall–Kier alpha value is -1.29. The summed E-state index contributed by atoms with van der Waals surface area (Å²) in [7, 11) is 2.18. The van der Waals surface area contributed by atoms with Gasteiger partial charge in [-0.25, -0.2) is 4.98 Å². The third-order valence-corrected chi connectivity index (χ3v) is 3.15. The lowest BCUT2D eigenvalue weighted by molar-refractivity contribution is 0.337. The highest BCUT2D eigenvalue weighted by Crippen LogP contribution is 2.19. The number of anilines is 2. The zero-order valence-corrected chi connectivity index (χ0v) is 10.1. The fraction of sp³-hybridized carbons (Fsp3) is 0.583. The van der Waals surface area contributed by atoms with Crippen LogP contribution in [0.1, 0.15) is 13.3 Å². The molecular formula is C12H20N4. The fourth-order valence-corrected chi connectivity index (χ4v) is 2.32. The molecule has 0 bridgehead atoms. The van der Waals surface area contributed by atoms with Gasteiger partial charge >= 0.3 is 0 Å². The molecule has 2 heterocycles. The standard InChI is InChI=1S/C12H20N4/c1-10-9-15(2)6-3-7-16(10)11-4-5-12(13)14-8-11/h4-5,8,10H,3,6-7,9H2,1-2H3,(H2,13,14). The number of hydrogen-bond acceptors (Lipinski definition) is 4. The average molecular weight is 220 g/mol. The number of nitrogens with two attached hydrogens (primary N) is 1. The molecule has 1 aliphatic rings. The Kier molecular flexibility index (Phi) is 3.29. The lowest BCUT2D eigenvalue weighted by Gasteiger charge is -2.29. The highest BCUT2D eigenvalue weighted by Gasteiger charge is 2.19. The Morgan fingerprint density at radius 2 is 2.19 bits per heavy atom. The molecule has 0 spiro atoms. The van der Waals surface area contributed by atoms with Gasteiger partial charge in [-0.3, -0.25) is 0 Å². The maximum atomic E-state index is 5.61. The van der Waals surface area contributed by atoms with Crippen LogP contribution in [0.5, 0.6) is 0 Å². The maximum Gasteiger partial charge on any atom is 0.123 e. The number of aromatic nitrogens is 1. The minimum absolute atomic E-state index is 0.526. The first kappa shape index (κ1) is 11.2. The van der Waals surface area contributed by atoms with Gasteiger partial charge in [-0.05, 0) is 39.1 Å². The second kappa shape index (κ2) is 4.70. The minimum atomic E-state index is 0.526. The quantitative estimate of drug-likeness (QED) is 0.772. The summed E-state index contributed by atoms with van der Waals surface area (Å²) < 4.78 is 0. The molecule has 1 fully saturated rings. The molecule has 0 amide bonds. The first-order chi connectivity index (χ1) is 7.66. The molecule has 1 unspecified atom stereocenters. The van der Waals surface area contributed by atoms with Gasteiger partial charge in [0.15, 0.2) is 0 Å². The molecule has 2 N–H and O–H groups in total. The summed E-state index contributed by atoms with van der Waals surface area (Å²) in [4.78, 5) is 8.96. The number of nitrogens with zero attached hydrogens (tertiary/aromatic N) is 3. The van der Waals surface area contributed by atoms with E-state index in [0.29, 0.717) is 11.9 Å². The molecule has 16 heavy (non-hydrogen) atoms. The Bertz CT molecular complexity index is 335. The normalized spacial score (nSPS) is 23.1. The zero-order chi connectivity index (χ0) is 11.5. The number of pyridine rings is 1. The summed E-state index contributed by atoms with van der Waals surface area (Å²) in [6.45, 7) is 5.63. The van der Waals surface area contributed by atoms with E-state index in [1.54, 1.807) is 0 Å². The summed E-state index contributed by atoms with van der Waals surface area (Å²) in [5, 5.41) is 0. The Labute approximate surface area is 97.1 Å². The van der Waals surface area contributed by atoms with Crippen molar-refractivity contribution >= 4 is 11.5 Å².